The molecule has 0 aliphatic heterocycles. The predicted octanol–water partition coefficient (Wildman–Crippen LogP) is -2.18. The molecular formula is C9H18N2O6. The summed E-state index contributed by atoms with van der Waals surface area (Å²) in [5.74, 6) is -1.25. The first-order chi connectivity index (χ1) is 8.06. The Balaban J connectivity index is 4.38. The van der Waals surface area contributed by atoms with Crippen LogP contribution in [0.5, 0.6) is 0 Å². The number of carbonyl (C=O) groups is 2. The number of hydrogen-bond donors (Lipinski definition) is 5. The Morgan fingerprint density at radius 2 is 1.59 bits per heavy atom. The standard InChI is InChI=1S/C9H18N2O6/c12-4-1-7(8(15)16)10-9(17)11(2-5-13)3-6-14/h7,12-14H,1-6H2,(H,10,17)(H,15,16). The second-order valence-electron chi connectivity index (χ2n) is 3.29. The summed E-state index contributed by atoms with van der Waals surface area (Å²) in [7, 11) is 0. The number of aliphatic hydroxyl groups is 3. The predicted molar refractivity (Wildman–Crippen MR) is 57.4 cm³/mol. The van der Waals surface area contributed by atoms with Gasteiger partial charge in [-0.2, -0.15) is 0 Å². The summed E-state index contributed by atoms with van der Waals surface area (Å²) < 4.78 is 0. The molecule has 0 spiro atoms. The van der Waals surface area contributed by atoms with Crippen molar-refractivity contribution < 1.29 is 30.0 Å². The summed E-state index contributed by atoms with van der Waals surface area (Å²) in [5, 5.41) is 37.0. The zero-order chi connectivity index (χ0) is 13.3. The lowest BCUT2D eigenvalue weighted by Gasteiger charge is -2.23. The second kappa shape index (κ2) is 8.74. The smallest absolute Gasteiger partial charge is 0.326 e. The highest BCUT2D eigenvalue weighted by Crippen LogP contribution is 1.95. The van der Waals surface area contributed by atoms with Crippen LogP contribution in [-0.4, -0.2) is 76.3 Å². The lowest BCUT2D eigenvalue weighted by Crippen LogP contribution is -2.49. The maximum atomic E-state index is 11.6. The van der Waals surface area contributed by atoms with Crippen molar-refractivity contribution in [3.8, 4) is 0 Å². The van der Waals surface area contributed by atoms with Crippen molar-refractivity contribution in [3.63, 3.8) is 0 Å². The molecule has 0 aliphatic rings. The number of carboxylic acid groups (broad SMARTS) is 1. The number of hydrogen-bond acceptors (Lipinski definition) is 5. The first-order valence-corrected chi connectivity index (χ1v) is 5.17. The maximum absolute atomic E-state index is 11.6. The summed E-state index contributed by atoms with van der Waals surface area (Å²) in [4.78, 5) is 23.4. The topological polar surface area (TPSA) is 130 Å². The van der Waals surface area contributed by atoms with Crippen LogP contribution in [0.3, 0.4) is 0 Å². The van der Waals surface area contributed by atoms with E-state index in [1.807, 2.05) is 0 Å². The van der Waals surface area contributed by atoms with E-state index in [0.717, 1.165) is 4.90 Å². The van der Waals surface area contributed by atoms with Crippen molar-refractivity contribution in [3.05, 3.63) is 0 Å². The van der Waals surface area contributed by atoms with Crippen LogP contribution >= 0.6 is 0 Å². The Labute approximate surface area is 98.5 Å². The highest BCUT2D eigenvalue weighted by Gasteiger charge is 2.22. The van der Waals surface area contributed by atoms with Gasteiger partial charge in [0.05, 0.1) is 13.2 Å². The van der Waals surface area contributed by atoms with E-state index >= 15 is 0 Å². The van der Waals surface area contributed by atoms with Gasteiger partial charge in [0.2, 0.25) is 0 Å². The van der Waals surface area contributed by atoms with E-state index in [-0.39, 0.29) is 39.3 Å². The van der Waals surface area contributed by atoms with E-state index in [2.05, 4.69) is 5.32 Å². The van der Waals surface area contributed by atoms with Gasteiger partial charge in [-0.15, -0.1) is 0 Å². The third kappa shape index (κ3) is 6.05. The van der Waals surface area contributed by atoms with Crippen LogP contribution in [0.25, 0.3) is 0 Å². The normalized spacial score (nSPS) is 11.9. The third-order valence-corrected chi connectivity index (χ3v) is 2.04. The molecule has 0 radical (unpaired) electrons. The van der Waals surface area contributed by atoms with Gasteiger partial charge in [-0.25, -0.2) is 9.59 Å². The Morgan fingerprint density at radius 3 is 1.94 bits per heavy atom. The highest BCUT2D eigenvalue weighted by molar-refractivity contribution is 5.82. The molecule has 0 aromatic carbocycles. The molecule has 0 aromatic rings. The fourth-order valence-electron chi connectivity index (χ4n) is 1.18. The molecule has 0 heterocycles. The van der Waals surface area contributed by atoms with E-state index in [1.165, 1.54) is 0 Å². The fourth-order valence-corrected chi connectivity index (χ4v) is 1.18. The Kier molecular flexibility index (Phi) is 8.03. The lowest BCUT2D eigenvalue weighted by molar-refractivity contribution is -0.139. The molecule has 0 saturated heterocycles. The van der Waals surface area contributed by atoms with Gasteiger partial charge in [0.1, 0.15) is 6.04 Å². The van der Waals surface area contributed by atoms with Gasteiger partial charge in [-0.05, 0) is 0 Å². The van der Waals surface area contributed by atoms with Crippen molar-refractivity contribution in [1.82, 2.24) is 10.2 Å². The number of nitrogens with zero attached hydrogens (tertiary/aromatic N) is 1. The van der Waals surface area contributed by atoms with Gasteiger partial charge in [0, 0.05) is 26.1 Å². The van der Waals surface area contributed by atoms with E-state index in [1.54, 1.807) is 0 Å². The van der Waals surface area contributed by atoms with Crippen LogP contribution in [0.1, 0.15) is 6.42 Å². The molecular weight excluding hydrogens is 232 g/mol. The monoisotopic (exact) mass is 250 g/mol. The molecule has 0 saturated carbocycles. The fraction of sp³-hybridized carbons (Fsp3) is 0.778. The van der Waals surface area contributed by atoms with Crippen LogP contribution in [0.15, 0.2) is 0 Å². The minimum absolute atomic E-state index is 0.00213. The van der Waals surface area contributed by atoms with Crippen molar-refractivity contribution in [2.45, 2.75) is 12.5 Å². The molecule has 1 unspecified atom stereocenters. The lowest BCUT2D eigenvalue weighted by atomic mass is 10.2. The minimum atomic E-state index is -1.25. The second-order valence-corrected chi connectivity index (χ2v) is 3.29. The number of nitrogens with one attached hydrogen (secondary N) is 1. The minimum Gasteiger partial charge on any atom is -0.480 e. The average molecular weight is 250 g/mol. The summed E-state index contributed by atoms with van der Waals surface area (Å²) in [6.07, 6.45) is -0.104. The van der Waals surface area contributed by atoms with Crippen molar-refractivity contribution in [2.75, 3.05) is 32.9 Å². The summed E-state index contributed by atoms with van der Waals surface area (Å²) >= 11 is 0. The molecule has 0 aliphatic carbocycles. The van der Waals surface area contributed by atoms with Crippen molar-refractivity contribution >= 4 is 12.0 Å². The van der Waals surface area contributed by atoms with Crippen molar-refractivity contribution in [1.29, 1.82) is 0 Å². The summed E-state index contributed by atoms with van der Waals surface area (Å²) in [5.41, 5.74) is 0. The maximum Gasteiger partial charge on any atom is 0.326 e. The number of amides is 2. The first-order valence-electron chi connectivity index (χ1n) is 5.17. The van der Waals surface area contributed by atoms with Crippen LogP contribution in [0.2, 0.25) is 0 Å². The van der Waals surface area contributed by atoms with Crippen LogP contribution in [0, 0.1) is 0 Å². The molecule has 100 valence electrons. The van der Waals surface area contributed by atoms with Crippen LogP contribution in [-0.2, 0) is 4.79 Å². The molecule has 2 amide bonds. The average Bonchev–Trinajstić information content (AvgIpc) is 2.28. The van der Waals surface area contributed by atoms with Gasteiger partial charge >= 0.3 is 12.0 Å². The Bertz CT molecular complexity index is 242. The first kappa shape index (κ1) is 15.6. The van der Waals surface area contributed by atoms with Gasteiger partial charge in [0.25, 0.3) is 0 Å². The SMILES string of the molecule is O=C(O)C(CCO)NC(=O)N(CCO)CCO. The quantitative estimate of drug-likeness (QED) is 0.333. The molecule has 0 fully saturated rings. The van der Waals surface area contributed by atoms with E-state index in [0.29, 0.717) is 0 Å². The van der Waals surface area contributed by atoms with Crippen LogP contribution < -0.4 is 5.32 Å². The van der Waals surface area contributed by atoms with E-state index in [9.17, 15) is 9.59 Å². The number of aliphatic hydroxyl groups excluding tert-OH is 3. The van der Waals surface area contributed by atoms with E-state index < -0.39 is 18.0 Å². The largest absolute Gasteiger partial charge is 0.480 e. The Hall–Kier alpha value is -1.38. The molecule has 17 heavy (non-hydrogen) atoms. The highest BCUT2D eigenvalue weighted by atomic mass is 16.4. The number of rotatable bonds is 8. The molecule has 8 heteroatoms. The number of carboxylic acids is 1. The molecule has 0 bridgehead atoms. The number of urea groups is 1. The third-order valence-electron chi connectivity index (χ3n) is 2.04. The summed E-state index contributed by atoms with van der Waals surface area (Å²) in [6, 6.07) is -1.89. The zero-order valence-corrected chi connectivity index (χ0v) is 9.37. The van der Waals surface area contributed by atoms with E-state index in [4.69, 9.17) is 20.4 Å². The van der Waals surface area contributed by atoms with Crippen molar-refractivity contribution in [2.24, 2.45) is 0 Å². The number of carbonyl (C=O) groups excluding carboxylic acids is 1. The van der Waals surface area contributed by atoms with Crippen LogP contribution in [0.4, 0.5) is 4.79 Å². The number of aliphatic carboxylic acids is 1. The molecule has 0 aromatic heterocycles. The van der Waals surface area contributed by atoms with Gasteiger partial charge in [0.15, 0.2) is 0 Å². The molecule has 1 atom stereocenters. The molecule has 5 N–H and O–H groups in total. The Morgan fingerprint density at radius 1 is 1.06 bits per heavy atom. The zero-order valence-electron chi connectivity index (χ0n) is 9.37. The van der Waals surface area contributed by atoms with Gasteiger partial charge in [-0.3, -0.25) is 0 Å². The van der Waals surface area contributed by atoms with Gasteiger partial charge < -0.3 is 30.6 Å². The van der Waals surface area contributed by atoms with Gasteiger partial charge in [-0.1, -0.05) is 0 Å². The summed E-state index contributed by atoms with van der Waals surface area (Å²) in [6.45, 7) is -0.941. The molecule has 8 nitrogen and oxygen atoms in total. The molecule has 0 rings (SSSR count).